The number of β-amino-alcohol motifs (C(OH)–C–C–N with tert-alkyl or cyclic N) is 1. The molecule has 2 unspecified atom stereocenters. The Morgan fingerprint density at radius 1 is 1.40 bits per heavy atom. The summed E-state index contributed by atoms with van der Waals surface area (Å²) in [5.41, 5.74) is 0. The Morgan fingerprint density at radius 3 is 2.47 bits per heavy atom. The zero-order valence-electron chi connectivity index (χ0n) is 8.07. The summed E-state index contributed by atoms with van der Waals surface area (Å²) in [6.07, 6.45) is -0.242. The Kier molecular flexibility index (Phi) is 2.51. The first-order valence-corrected chi connectivity index (χ1v) is 6.39. The van der Waals surface area contributed by atoms with E-state index in [1.54, 1.807) is 0 Å². The largest absolute Gasteiger partial charge is 0.392 e. The zero-order valence-corrected chi connectivity index (χ0v) is 8.88. The summed E-state index contributed by atoms with van der Waals surface area (Å²) >= 11 is 0. The highest BCUT2D eigenvalue weighted by atomic mass is 32.2. The quantitative estimate of drug-likeness (QED) is 0.750. The molecule has 7 heteroatoms. The Morgan fingerprint density at radius 2 is 2.00 bits per heavy atom. The number of alkyl halides is 2. The van der Waals surface area contributed by atoms with Crippen LogP contribution in [-0.4, -0.2) is 48.2 Å². The minimum atomic E-state index is -3.91. The third-order valence-corrected chi connectivity index (χ3v) is 5.13. The minimum Gasteiger partial charge on any atom is -0.392 e. The van der Waals surface area contributed by atoms with Crippen LogP contribution in [0.2, 0.25) is 0 Å². The summed E-state index contributed by atoms with van der Waals surface area (Å²) in [6.45, 7) is 0.195. The van der Waals surface area contributed by atoms with Crippen molar-refractivity contribution in [2.45, 2.75) is 36.5 Å². The topological polar surface area (TPSA) is 57.6 Å². The highest BCUT2D eigenvalue weighted by Gasteiger charge is 2.65. The van der Waals surface area contributed by atoms with Crippen LogP contribution in [0.25, 0.3) is 0 Å². The fraction of sp³-hybridized carbons (Fsp3) is 1.00. The molecule has 1 saturated heterocycles. The van der Waals surface area contributed by atoms with Crippen LogP contribution in [0.5, 0.6) is 0 Å². The van der Waals surface area contributed by atoms with Gasteiger partial charge in [-0.05, 0) is 12.8 Å². The number of aliphatic hydroxyl groups is 1. The van der Waals surface area contributed by atoms with Crippen molar-refractivity contribution in [2.75, 3.05) is 13.1 Å². The van der Waals surface area contributed by atoms with Crippen LogP contribution in [0, 0.1) is 0 Å². The molecule has 2 atom stereocenters. The van der Waals surface area contributed by atoms with Crippen molar-refractivity contribution in [1.29, 1.82) is 0 Å². The Hall–Kier alpha value is -0.270. The summed E-state index contributed by atoms with van der Waals surface area (Å²) < 4.78 is 49.6. The van der Waals surface area contributed by atoms with E-state index >= 15 is 0 Å². The SMILES string of the molecule is O=S(=O)(C1CC1(F)F)N1CCCC(O)C1. The lowest BCUT2D eigenvalue weighted by atomic mass is 10.1. The van der Waals surface area contributed by atoms with Crippen molar-refractivity contribution in [1.82, 2.24) is 4.31 Å². The predicted octanol–water partition coefficient (Wildman–Crippen LogP) is 0.181. The average molecular weight is 241 g/mol. The van der Waals surface area contributed by atoms with Gasteiger partial charge in [0.1, 0.15) is 5.25 Å². The predicted molar refractivity (Wildman–Crippen MR) is 49.1 cm³/mol. The van der Waals surface area contributed by atoms with Gasteiger partial charge in [0.2, 0.25) is 10.0 Å². The van der Waals surface area contributed by atoms with E-state index in [9.17, 15) is 22.3 Å². The second kappa shape index (κ2) is 3.36. The van der Waals surface area contributed by atoms with Crippen LogP contribution in [0.1, 0.15) is 19.3 Å². The minimum absolute atomic E-state index is 0.0467. The number of sulfonamides is 1. The van der Waals surface area contributed by atoms with Crippen molar-refractivity contribution < 1.29 is 22.3 Å². The summed E-state index contributed by atoms with van der Waals surface area (Å²) in [7, 11) is -3.91. The lowest BCUT2D eigenvalue weighted by Gasteiger charge is -2.29. The Balaban J connectivity index is 2.09. The average Bonchev–Trinajstić information content (AvgIpc) is 2.76. The summed E-state index contributed by atoms with van der Waals surface area (Å²) in [5, 5.41) is 7.72. The highest BCUT2D eigenvalue weighted by molar-refractivity contribution is 7.90. The molecule has 0 bridgehead atoms. The van der Waals surface area contributed by atoms with E-state index < -0.39 is 33.7 Å². The number of halogens is 2. The van der Waals surface area contributed by atoms with Gasteiger partial charge in [-0.3, -0.25) is 0 Å². The van der Waals surface area contributed by atoms with E-state index in [-0.39, 0.29) is 13.1 Å². The number of hydrogen-bond donors (Lipinski definition) is 1. The van der Waals surface area contributed by atoms with Gasteiger partial charge in [-0.15, -0.1) is 0 Å². The molecule has 0 aromatic heterocycles. The lowest BCUT2D eigenvalue weighted by Crippen LogP contribution is -2.44. The second-order valence-electron chi connectivity index (χ2n) is 4.15. The maximum absolute atomic E-state index is 12.7. The normalized spacial score (nSPS) is 36.5. The van der Waals surface area contributed by atoms with Crippen LogP contribution in [-0.2, 0) is 10.0 Å². The molecule has 88 valence electrons. The molecule has 1 aliphatic carbocycles. The molecule has 15 heavy (non-hydrogen) atoms. The van der Waals surface area contributed by atoms with Gasteiger partial charge in [-0.2, -0.15) is 4.31 Å². The summed E-state index contributed by atoms with van der Waals surface area (Å²) in [4.78, 5) is 0. The molecule has 1 aliphatic heterocycles. The van der Waals surface area contributed by atoms with E-state index in [4.69, 9.17) is 0 Å². The summed E-state index contributed by atoms with van der Waals surface area (Å²) in [6, 6.07) is 0. The molecule has 2 rings (SSSR count). The number of piperidine rings is 1. The fourth-order valence-electron chi connectivity index (χ4n) is 1.84. The van der Waals surface area contributed by atoms with Gasteiger partial charge in [0, 0.05) is 19.5 Å². The lowest BCUT2D eigenvalue weighted by molar-refractivity contribution is 0.103. The van der Waals surface area contributed by atoms with Crippen LogP contribution >= 0.6 is 0 Å². The van der Waals surface area contributed by atoms with Gasteiger partial charge >= 0.3 is 0 Å². The number of hydrogen-bond acceptors (Lipinski definition) is 3. The number of aliphatic hydroxyl groups excluding tert-OH is 1. The molecule has 0 aromatic rings. The van der Waals surface area contributed by atoms with Crippen molar-refractivity contribution in [2.24, 2.45) is 0 Å². The van der Waals surface area contributed by atoms with Crippen molar-refractivity contribution in [3.63, 3.8) is 0 Å². The van der Waals surface area contributed by atoms with E-state index in [0.29, 0.717) is 12.8 Å². The van der Waals surface area contributed by atoms with Crippen LogP contribution in [0.3, 0.4) is 0 Å². The smallest absolute Gasteiger partial charge is 0.267 e. The van der Waals surface area contributed by atoms with Gasteiger partial charge in [0.15, 0.2) is 0 Å². The Bertz CT molecular complexity index is 357. The molecule has 0 radical (unpaired) electrons. The highest BCUT2D eigenvalue weighted by Crippen LogP contribution is 2.48. The molecule has 0 spiro atoms. The van der Waals surface area contributed by atoms with Crippen molar-refractivity contribution >= 4 is 10.0 Å². The maximum Gasteiger partial charge on any atom is 0.267 e. The maximum atomic E-state index is 12.7. The van der Waals surface area contributed by atoms with E-state index in [2.05, 4.69) is 0 Å². The molecular weight excluding hydrogens is 228 g/mol. The van der Waals surface area contributed by atoms with Crippen LogP contribution in [0.15, 0.2) is 0 Å². The van der Waals surface area contributed by atoms with Crippen molar-refractivity contribution in [3.05, 3.63) is 0 Å². The van der Waals surface area contributed by atoms with Crippen LogP contribution < -0.4 is 0 Å². The summed E-state index contributed by atoms with van der Waals surface area (Å²) in [5.74, 6) is -3.07. The third kappa shape index (κ3) is 2.00. The molecule has 0 amide bonds. The molecule has 2 aliphatic rings. The molecule has 0 aromatic carbocycles. The first kappa shape index (κ1) is 11.2. The molecule has 1 saturated carbocycles. The monoisotopic (exact) mass is 241 g/mol. The Labute approximate surface area is 86.9 Å². The van der Waals surface area contributed by atoms with E-state index in [0.717, 1.165) is 4.31 Å². The molecule has 2 fully saturated rings. The van der Waals surface area contributed by atoms with Gasteiger partial charge in [0.25, 0.3) is 5.92 Å². The molecule has 1 N–H and O–H groups in total. The van der Waals surface area contributed by atoms with Crippen molar-refractivity contribution in [3.8, 4) is 0 Å². The third-order valence-electron chi connectivity index (χ3n) is 2.85. The molecule has 4 nitrogen and oxygen atoms in total. The van der Waals surface area contributed by atoms with Gasteiger partial charge in [0.05, 0.1) is 6.10 Å². The second-order valence-corrected chi connectivity index (χ2v) is 6.27. The van der Waals surface area contributed by atoms with Crippen LogP contribution in [0.4, 0.5) is 8.78 Å². The fourth-order valence-corrected chi connectivity index (χ4v) is 3.84. The standard InChI is InChI=1S/C8H13F2NO3S/c9-8(10)4-7(8)15(13,14)11-3-1-2-6(12)5-11/h6-7,12H,1-5H2. The number of rotatable bonds is 2. The first-order chi connectivity index (χ1) is 6.84. The number of nitrogens with zero attached hydrogens (tertiary/aromatic N) is 1. The van der Waals surface area contributed by atoms with Gasteiger partial charge < -0.3 is 5.11 Å². The van der Waals surface area contributed by atoms with E-state index in [1.165, 1.54) is 0 Å². The van der Waals surface area contributed by atoms with Gasteiger partial charge in [-0.1, -0.05) is 0 Å². The van der Waals surface area contributed by atoms with Gasteiger partial charge in [-0.25, -0.2) is 17.2 Å². The first-order valence-electron chi connectivity index (χ1n) is 4.89. The molecular formula is C8H13F2NO3S. The zero-order chi connectivity index (χ0) is 11.3. The van der Waals surface area contributed by atoms with E-state index in [1.807, 2.05) is 0 Å². The molecule has 1 heterocycles.